The summed E-state index contributed by atoms with van der Waals surface area (Å²) in [6.45, 7) is 5.84. The van der Waals surface area contributed by atoms with Gasteiger partial charge in [-0.2, -0.15) is 0 Å². The van der Waals surface area contributed by atoms with E-state index in [2.05, 4.69) is 27.9 Å². The normalized spacial score (nSPS) is 18.8. The molecule has 0 aromatic heterocycles. The molecule has 2 rings (SSSR count). The highest BCUT2D eigenvalue weighted by Crippen LogP contribution is 2.26. The highest BCUT2D eigenvalue weighted by molar-refractivity contribution is 14.0. The number of hydrogen-bond acceptors (Lipinski definition) is 3. The second-order valence-electron chi connectivity index (χ2n) is 7.44. The van der Waals surface area contributed by atoms with Gasteiger partial charge < -0.3 is 20.7 Å². The van der Waals surface area contributed by atoms with Crippen LogP contribution >= 0.6 is 24.0 Å². The lowest BCUT2D eigenvalue weighted by molar-refractivity contribution is -0.127. The number of halogens is 1. The number of carbonyl (C=O) groups excluding carboxylic acids is 1. The number of guanidine groups is 1. The Hall–Kier alpha value is -0.570. The molecular formula is C20H39IN4O2. The van der Waals surface area contributed by atoms with Gasteiger partial charge in [0.25, 0.3) is 0 Å². The third-order valence-corrected chi connectivity index (χ3v) is 5.27. The van der Waals surface area contributed by atoms with E-state index in [0.29, 0.717) is 19.2 Å². The zero-order valence-corrected chi connectivity index (χ0v) is 19.3. The second kappa shape index (κ2) is 15.4. The van der Waals surface area contributed by atoms with E-state index in [-0.39, 0.29) is 35.8 Å². The number of aliphatic imine (C=N–C) groups is 1. The van der Waals surface area contributed by atoms with Crippen LogP contribution in [0, 0.1) is 5.92 Å². The van der Waals surface area contributed by atoms with Crippen molar-refractivity contribution in [2.24, 2.45) is 10.9 Å². The summed E-state index contributed by atoms with van der Waals surface area (Å²) in [5, 5.41) is 9.62. The predicted octanol–water partition coefficient (Wildman–Crippen LogP) is 3.21. The number of nitrogens with zero attached hydrogens (tertiary/aromatic N) is 1. The van der Waals surface area contributed by atoms with Crippen molar-refractivity contribution in [3.8, 4) is 0 Å². The standard InChI is InChI=1S/C20H38N4O2.HI/c1-2-21-20(23-14-8-13-22-19(25)17-9-7-10-17)24-15-16-26-18-11-5-3-4-6-12-18;/h17-18H,2-16H2,1H3,(H,22,25)(H2,21,23,24);1H. The third-order valence-electron chi connectivity index (χ3n) is 5.27. The molecule has 0 saturated heterocycles. The van der Waals surface area contributed by atoms with Crippen LogP contribution in [0.3, 0.4) is 0 Å². The van der Waals surface area contributed by atoms with Crippen molar-refractivity contribution >= 4 is 35.8 Å². The maximum atomic E-state index is 11.8. The SMILES string of the molecule is CCNC(=NCCCNC(=O)C1CCC1)NCCOC1CCCCCC1.I. The van der Waals surface area contributed by atoms with Gasteiger partial charge in [0.1, 0.15) is 0 Å². The molecular weight excluding hydrogens is 455 g/mol. The van der Waals surface area contributed by atoms with E-state index in [1.165, 1.54) is 44.9 Å². The molecule has 0 spiro atoms. The van der Waals surface area contributed by atoms with Crippen LogP contribution in [-0.4, -0.2) is 50.8 Å². The Kier molecular flexibility index (Phi) is 13.9. The molecule has 0 atom stereocenters. The molecule has 158 valence electrons. The van der Waals surface area contributed by atoms with Crippen molar-refractivity contribution in [2.45, 2.75) is 77.2 Å². The molecule has 0 bridgehead atoms. The van der Waals surface area contributed by atoms with Crippen molar-refractivity contribution in [1.29, 1.82) is 0 Å². The maximum Gasteiger partial charge on any atom is 0.223 e. The molecule has 2 aliphatic rings. The van der Waals surface area contributed by atoms with Gasteiger partial charge in [0, 0.05) is 32.1 Å². The van der Waals surface area contributed by atoms with E-state index >= 15 is 0 Å². The van der Waals surface area contributed by atoms with Crippen LogP contribution in [-0.2, 0) is 9.53 Å². The van der Waals surface area contributed by atoms with Crippen molar-refractivity contribution in [1.82, 2.24) is 16.0 Å². The fraction of sp³-hybridized carbons (Fsp3) is 0.900. The minimum absolute atomic E-state index is 0. The van der Waals surface area contributed by atoms with E-state index in [1.807, 2.05) is 0 Å². The highest BCUT2D eigenvalue weighted by Gasteiger charge is 2.24. The molecule has 0 aromatic rings. The quantitative estimate of drug-likeness (QED) is 0.143. The smallest absolute Gasteiger partial charge is 0.223 e. The number of rotatable bonds is 10. The van der Waals surface area contributed by atoms with E-state index < -0.39 is 0 Å². The van der Waals surface area contributed by atoms with Gasteiger partial charge in [0.15, 0.2) is 5.96 Å². The van der Waals surface area contributed by atoms with Crippen LogP contribution in [0.4, 0.5) is 0 Å². The first-order valence-electron chi connectivity index (χ1n) is 10.7. The Morgan fingerprint density at radius 3 is 2.33 bits per heavy atom. The topological polar surface area (TPSA) is 74.8 Å². The monoisotopic (exact) mass is 494 g/mol. The van der Waals surface area contributed by atoms with Crippen molar-refractivity contribution < 1.29 is 9.53 Å². The largest absolute Gasteiger partial charge is 0.376 e. The molecule has 1 amide bonds. The summed E-state index contributed by atoms with van der Waals surface area (Å²) in [4.78, 5) is 16.3. The van der Waals surface area contributed by atoms with Crippen LogP contribution in [0.2, 0.25) is 0 Å². The first kappa shape index (κ1) is 24.5. The molecule has 0 radical (unpaired) electrons. The second-order valence-corrected chi connectivity index (χ2v) is 7.44. The number of nitrogens with one attached hydrogen (secondary N) is 3. The van der Waals surface area contributed by atoms with Crippen molar-refractivity contribution in [2.75, 3.05) is 32.8 Å². The molecule has 0 heterocycles. The first-order chi connectivity index (χ1) is 12.8. The molecule has 3 N–H and O–H groups in total. The highest BCUT2D eigenvalue weighted by atomic mass is 127. The summed E-state index contributed by atoms with van der Waals surface area (Å²) < 4.78 is 6.01. The molecule has 2 aliphatic carbocycles. The van der Waals surface area contributed by atoms with Gasteiger partial charge in [-0.1, -0.05) is 32.1 Å². The average Bonchev–Trinajstić information content (AvgIpc) is 2.85. The van der Waals surface area contributed by atoms with E-state index in [9.17, 15) is 4.79 Å². The molecule has 6 nitrogen and oxygen atoms in total. The Labute approximate surface area is 182 Å². The summed E-state index contributed by atoms with van der Waals surface area (Å²) in [7, 11) is 0. The summed E-state index contributed by atoms with van der Waals surface area (Å²) >= 11 is 0. The molecule has 0 aliphatic heterocycles. The van der Waals surface area contributed by atoms with Gasteiger partial charge in [-0.15, -0.1) is 24.0 Å². The van der Waals surface area contributed by atoms with Gasteiger partial charge in [0.2, 0.25) is 5.91 Å². The molecule has 0 unspecified atom stereocenters. The van der Waals surface area contributed by atoms with Gasteiger partial charge in [-0.3, -0.25) is 9.79 Å². The fourth-order valence-electron chi connectivity index (χ4n) is 3.44. The Bertz CT molecular complexity index is 422. The zero-order valence-electron chi connectivity index (χ0n) is 16.9. The lowest BCUT2D eigenvalue weighted by Gasteiger charge is -2.23. The lowest BCUT2D eigenvalue weighted by Crippen LogP contribution is -2.39. The molecule has 27 heavy (non-hydrogen) atoms. The number of carbonyl (C=O) groups is 1. The van der Waals surface area contributed by atoms with Crippen LogP contribution in [0.15, 0.2) is 4.99 Å². The minimum atomic E-state index is 0. The molecule has 2 fully saturated rings. The van der Waals surface area contributed by atoms with Gasteiger partial charge in [-0.25, -0.2) is 0 Å². The van der Waals surface area contributed by atoms with E-state index in [4.69, 9.17) is 4.74 Å². The van der Waals surface area contributed by atoms with Crippen molar-refractivity contribution in [3.63, 3.8) is 0 Å². The Balaban J connectivity index is 0.00000364. The average molecular weight is 494 g/mol. The molecule has 0 aromatic carbocycles. The van der Waals surface area contributed by atoms with Gasteiger partial charge in [0.05, 0.1) is 12.7 Å². The first-order valence-corrected chi connectivity index (χ1v) is 10.7. The van der Waals surface area contributed by atoms with Crippen LogP contribution in [0.5, 0.6) is 0 Å². The van der Waals surface area contributed by atoms with Gasteiger partial charge in [-0.05, 0) is 39.0 Å². The summed E-state index contributed by atoms with van der Waals surface area (Å²) in [6, 6.07) is 0. The van der Waals surface area contributed by atoms with Crippen LogP contribution in [0.25, 0.3) is 0 Å². The van der Waals surface area contributed by atoms with E-state index in [1.54, 1.807) is 0 Å². The number of amides is 1. The summed E-state index contributed by atoms with van der Waals surface area (Å²) in [5.41, 5.74) is 0. The predicted molar refractivity (Wildman–Crippen MR) is 122 cm³/mol. The van der Waals surface area contributed by atoms with E-state index in [0.717, 1.165) is 44.9 Å². The van der Waals surface area contributed by atoms with Crippen LogP contribution in [0.1, 0.15) is 71.1 Å². The fourth-order valence-corrected chi connectivity index (χ4v) is 3.44. The third kappa shape index (κ3) is 10.5. The minimum Gasteiger partial charge on any atom is -0.376 e. The zero-order chi connectivity index (χ0) is 18.5. The summed E-state index contributed by atoms with van der Waals surface area (Å²) in [5.74, 6) is 1.33. The maximum absolute atomic E-state index is 11.8. The lowest BCUT2D eigenvalue weighted by atomic mass is 9.85. The number of hydrogen-bond donors (Lipinski definition) is 3. The molecule has 7 heteroatoms. The van der Waals surface area contributed by atoms with Crippen molar-refractivity contribution in [3.05, 3.63) is 0 Å². The molecule has 2 saturated carbocycles. The Morgan fingerprint density at radius 2 is 1.70 bits per heavy atom. The Morgan fingerprint density at radius 1 is 0.963 bits per heavy atom. The van der Waals surface area contributed by atoms with Crippen LogP contribution < -0.4 is 16.0 Å². The summed E-state index contributed by atoms with van der Waals surface area (Å²) in [6.07, 6.45) is 12.4. The van der Waals surface area contributed by atoms with Gasteiger partial charge >= 0.3 is 0 Å². The number of ether oxygens (including phenoxy) is 1.